The number of hydrogen-bond acceptors (Lipinski definition) is 2. The maximum absolute atomic E-state index is 11.9. The van der Waals surface area contributed by atoms with E-state index in [2.05, 4.69) is 13.0 Å². The molecule has 3 heteroatoms. The lowest BCUT2D eigenvalue weighted by Gasteiger charge is -2.18. The van der Waals surface area contributed by atoms with Crippen LogP contribution in [0.1, 0.15) is 45.4 Å². The molecule has 0 heterocycles. The van der Waals surface area contributed by atoms with Crippen molar-refractivity contribution in [2.75, 3.05) is 5.75 Å². The van der Waals surface area contributed by atoms with E-state index in [0.29, 0.717) is 0 Å². The van der Waals surface area contributed by atoms with Gasteiger partial charge in [-0.1, -0.05) is 26.2 Å². The first-order valence-corrected chi connectivity index (χ1v) is 6.94. The highest BCUT2D eigenvalue weighted by atomic mass is 32.2. The molecule has 0 amide bonds. The van der Waals surface area contributed by atoms with Crippen molar-refractivity contribution in [3.8, 4) is 6.07 Å². The summed E-state index contributed by atoms with van der Waals surface area (Å²) in [5.74, 6) is 0.813. The second-order valence-electron chi connectivity index (χ2n) is 4.00. The van der Waals surface area contributed by atoms with Gasteiger partial charge in [-0.25, -0.2) is 0 Å². The quantitative estimate of drug-likeness (QED) is 0.676. The summed E-state index contributed by atoms with van der Waals surface area (Å²) >= 11 is 0. The molecule has 1 aliphatic rings. The summed E-state index contributed by atoms with van der Waals surface area (Å²) in [6.45, 7) is 2.05. The first-order valence-electron chi connectivity index (χ1n) is 5.56. The lowest BCUT2D eigenvalue weighted by atomic mass is 10.0. The molecule has 0 aromatic heterocycles. The van der Waals surface area contributed by atoms with E-state index in [-0.39, 0.29) is 11.2 Å². The lowest BCUT2D eigenvalue weighted by Crippen LogP contribution is -2.25. The largest absolute Gasteiger partial charge is 0.259 e. The molecule has 0 N–H and O–H groups in total. The number of hydrogen-bond donors (Lipinski definition) is 0. The summed E-state index contributed by atoms with van der Waals surface area (Å²) in [6, 6.07) is 2.34. The van der Waals surface area contributed by atoms with Crippen molar-refractivity contribution in [2.24, 2.45) is 5.92 Å². The van der Waals surface area contributed by atoms with Gasteiger partial charge in [-0.3, -0.25) is 4.21 Å². The maximum Gasteiger partial charge on any atom is 0.0668 e. The highest BCUT2D eigenvalue weighted by Crippen LogP contribution is 2.27. The Morgan fingerprint density at radius 1 is 1.36 bits per heavy atom. The van der Waals surface area contributed by atoms with Gasteiger partial charge in [0.05, 0.1) is 17.2 Å². The third kappa shape index (κ3) is 3.09. The molecule has 0 spiro atoms. The van der Waals surface area contributed by atoms with Crippen molar-refractivity contribution in [1.82, 2.24) is 0 Å². The van der Waals surface area contributed by atoms with Gasteiger partial charge in [0.15, 0.2) is 0 Å². The van der Waals surface area contributed by atoms with Crippen LogP contribution in [0.5, 0.6) is 0 Å². The Morgan fingerprint density at radius 2 is 2.07 bits per heavy atom. The van der Waals surface area contributed by atoms with Crippen molar-refractivity contribution in [2.45, 2.75) is 50.7 Å². The van der Waals surface area contributed by atoms with Crippen LogP contribution in [-0.2, 0) is 10.8 Å². The van der Waals surface area contributed by atoms with Gasteiger partial charge in [-0.2, -0.15) is 5.26 Å². The van der Waals surface area contributed by atoms with Crippen LogP contribution in [0, 0.1) is 17.2 Å². The molecule has 1 aliphatic carbocycles. The summed E-state index contributed by atoms with van der Waals surface area (Å²) < 4.78 is 11.9. The second-order valence-corrected chi connectivity index (χ2v) is 5.77. The summed E-state index contributed by atoms with van der Waals surface area (Å²) in [7, 11) is -0.770. The van der Waals surface area contributed by atoms with Crippen LogP contribution in [-0.4, -0.2) is 15.2 Å². The average molecular weight is 213 g/mol. The average Bonchev–Trinajstić information content (AvgIpc) is 2.42. The number of nitriles is 1. The van der Waals surface area contributed by atoms with Crippen molar-refractivity contribution in [3.63, 3.8) is 0 Å². The Balaban J connectivity index is 2.61. The molecule has 0 radical (unpaired) electrons. The minimum absolute atomic E-state index is 0.0462. The molecule has 0 aromatic rings. The molecule has 0 aliphatic heterocycles. The normalized spacial score (nSPS) is 30.3. The third-order valence-corrected chi connectivity index (χ3v) is 4.91. The third-order valence-electron chi connectivity index (χ3n) is 2.86. The summed E-state index contributed by atoms with van der Waals surface area (Å²) in [5, 5.41) is 9.17. The molecule has 1 rings (SSSR count). The van der Waals surface area contributed by atoms with Crippen molar-refractivity contribution < 1.29 is 4.21 Å². The van der Waals surface area contributed by atoms with E-state index in [9.17, 15) is 4.21 Å². The van der Waals surface area contributed by atoms with E-state index in [1.165, 1.54) is 6.42 Å². The van der Waals surface area contributed by atoms with Crippen LogP contribution >= 0.6 is 0 Å². The molecular weight excluding hydrogens is 194 g/mol. The monoisotopic (exact) mass is 213 g/mol. The first-order chi connectivity index (χ1) is 6.79. The van der Waals surface area contributed by atoms with Crippen LogP contribution in [0.25, 0.3) is 0 Å². The van der Waals surface area contributed by atoms with Gasteiger partial charge in [0.1, 0.15) is 0 Å². The minimum Gasteiger partial charge on any atom is -0.259 e. The highest BCUT2D eigenvalue weighted by Gasteiger charge is 2.27. The standard InChI is InChI=1S/C11H19NOS/c1-2-8-14(13)11-7-5-3-4-6-10(11)9-12/h10-11H,2-8H2,1H3. The van der Waals surface area contributed by atoms with Crippen LogP contribution in [0.4, 0.5) is 0 Å². The van der Waals surface area contributed by atoms with E-state index < -0.39 is 10.8 Å². The molecular formula is C11H19NOS. The maximum atomic E-state index is 11.9. The fourth-order valence-corrected chi connectivity index (χ4v) is 3.79. The summed E-state index contributed by atoms with van der Waals surface area (Å²) in [4.78, 5) is 0. The van der Waals surface area contributed by atoms with Gasteiger partial charge < -0.3 is 0 Å². The SMILES string of the molecule is CCCS(=O)C1CCCCCC1C#N. The smallest absolute Gasteiger partial charge is 0.0668 e. The summed E-state index contributed by atoms with van der Waals surface area (Å²) in [5.41, 5.74) is 0. The molecule has 0 bridgehead atoms. The van der Waals surface area contributed by atoms with Gasteiger partial charge in [-0.05, 0) is 19.3 Å². The molecule has 80 valence electrons. The van der Waals surface area contributed by atoms with E-state index >= 15 is 0 Å². The predicted octanol–water partition coefficient (Wildman–Crippen LogP) is 2.62. The van der Waals surface area contributed by atoms with Gasteiger partial charge in [0, 0.05) is 16.6 Å². The number of nitrogens with zero attached hydrogens (tertiary/aromatic N) is 1. The Morgan fingerprint density at radius 3 is 2.71 bits per heavy atom. The molecule has 0 aromatic carbocycles. The Hall–Kier alpha value is -0.360. The van der Waals surface area contributed by atoms with Crippen molar-refractivity contribution >= 4 is 10.8 Å². The zero-order chi connectivity index (χ0) is 10.4. The molecule has 3 atom stereocenters. The topological polar surface area (TPSA) is 40.9 Å². The lowest BCUT2D eigenvalue weighted by molar-refractivity contribution is 0.564. The molecule has 1 saturated carbocycles. The molecule has 3 unspecified atom stereocenters. The van der Waals surface area contributed by atoms with Gasteiger partial charge in [-0.15, -0.1) is 0 Å². The van der Waals surface area contributed by atoms with Gasteiger partial charge in [0.2, 0.25) is 0 Å². The van der Waals surface area contributed by atoms with E-state index in [0.717, 1.165) is 37.9 Å². The first kappa shape index (κ1) is 11.7. The second kappa shape index (κ2) is 6.19. The zero-order valence-corrected chi connectivity index (χ0v) is 9.68. The van der Waals surface area contributed by atoms with Crippen LogP contribution < -0.4 is 0 Å². The van der Waals surface area contributed by atoms with Crippen LogP contribution in [0.2, 0.25) is 0 Å². The minimum atomic E-state index is -0.770. The molecule has 2 nitrogen and oxygen atoms in total. The zero-order valence-electron chi connectivity index (χ0n) is 8.87. The number of rotatable bonds is 3. The Labute approximate surface area is 89.1 Å². The summed E-state index contributed by atoms with van der Waals surface area (Å²) in [6.07, 6.45) is 6.40. The fourth-order valence-electron chi connectivity index (χ4n) is 2.09. The molecule has 14 heavy (non-hydrogen) atoms. The van der Waals surface area contributed by atoms with Gasteiger partial charge in [0.25, 0.3) is 0 Å². The molecule has 0 saturated heterocycles. The van der Waals surface area contributed by atoms with Crippen molar-refractivity contribution in [1.29, 1.82) is 5.26 Å². The van der Waals surface area contributed by atoms with Crippen LogP contribution in [0.15, 0.2) is 0 Å². The Kier molecular flexibility index (Phi) is 5.17. The van der Waals surface area contributed by atoms with E-state index in [4.69, 9.17) is 5.26 Å². The van der Waals surface area contributed by atoms with Crippen molar-refractivity contribution in [3.05, 3.63) is 0 Å². The fraction of sp³-hybridized carbons (Fsp3) is 0.909. The van der Waals surface area contributed by atoms with E-state index in [1.54, 1.807) is 0 Å². The van der Waals surface area contributed by atoms with Gasteiger partial charge >= 0.3 is 0 Å². The van der Waals surface area contributed by atoms with Crippen LogP contribution in [0.3, 0.4) is 0 Å². The Bertz CT molecular complexity index is 234. The predicted molar refractivity (Wildman–Crippen MR) is 59.3 cm³/mol. The van der Waals surface area contributed by atoms with E-state index in [1.807, 2.05) is 0 Å². The molecule has 1 fully saturated rings. The highest BCUT2D eigenvalue weighted by molar-refractivity contribution is 7.85.